The number of carbonyl (C=O) groups excluding carboxylic acids is 1. The third kappa shape index (κ3) is 10.3. The van der Waals surface area contributed by atoms with Crippen LogP contribution in [0.5, 0.6) is 5.75 Å². The zero-order chi connectivity index (χ0) is 30.2. The molecule has 8 heteroatoms. The SMILES string of the molecule is CC.CC.CC.CCOC(=O)c1cn(C2C(c3cc(OCCCOC)c(Cl)cc3Br)CCC2(C)C)ccc1=O. The van der Waals surface area contributed by atoms with E-state index < -0.39 is 5.97 Å². The van der Waals surface area contributed by atoms with Crippen molar-refractivity contribution in [2.75, 3.05) is 26.9 Å². The van der Waals surface area contributed by atoms with E-state index in [0.717, 1.165) is 29.3 Å². The molecule has 1 aromatic carbocycles. The van der Waals surface area contributed by atoms with Crippen molar-refractivity contribution in [2.24, 2.45) is 5.41 Å². The Morgan fingerprint density at radius 3 is 2.36 bits per heavy atom. The highest BCUT2D eigenvalue weighted by Gasteiger charge is 2.44. The molecule has 0 spiro atoms. The zero-order valence-electron chi connectivity index (χ0n) is 25.5. The Bertz CT molecular complexity index is 1050. The molecule has 0 amide bonds. The summed E-state index contributed by atoms with van der Waals surface area (Å²) in [4.78, 5) is 24.7. The van der Waals surface area contributed by atoms with E-state index in [1.165, 1.54) is 6.07 Å². The minimum absolute atomic E-state index is 0.0186. The first-order valence-corrected chi connectivity index (χ1v) is 15.4. The summed E-state index contributed by atoms with van der Waals surface area (Å²) in [7, 11) is 1.66. The molecule has 1 fully saturated rings. The van der Waals surface area contributed by atoms with Gasteiger partial charge in [-0.05, 0) is 42.9 Å². The number of carbonyl (C=O) groups is 1. The Morgan fingerprint density at radius 2 is 1.77 bits per heavy atom. The highest BCUT2D eigenvalue weighted by atomic mass is 79.9. The van der Waals surface area contributed by atoms with E-state index in [1.54, 1.807) is 26.4 Å². The first kappa shape index (κ1) is 37.2. The van der Waals surface area contributed by atoms with E-state index >= 15 is 0 Å². The van der Waals surface area contributed by atoms with Crippen molar-refractivity contribution in [3.05, 3.63) is 61.4 Å². The maximum absolute atomic E-state index is 12.3. The highest BCUT2D eigenvalue weighted by Crippen LogP contribution is 2.55. The van der Waals surface area contributed by atoms with Gasteiger partial charge in [-0.3, -0.25) is 4.79 Å². The lowest BCUT2D eigenvalue weighted by Gasteiger charge is -2.34. The summed E-state index contributed by atoms with van der Waals surface area (Å²) in [5.74, 6) is 0.177. The molecule has 1 aromatic heterocycles. The lowest BCUT2D eigenvalue weighted by Crippen LogP contribution is -2.28. The van der Waals surface area contributed by atoms with Crippen molar-refractivity contribution >= 4 is 33.5 Å². The first-order chi connectivity index (χ1) is 18.7. The monoisotopic (exact) mass is 629 g/mol. The second kappa shape index (κ2) is 19.3. The van der Waals surface area contributed by atoms with E-state index in [9.17, 15) is 9.59 Å². The van der Waals surface area contributed by atoms with E-state index in [0.29, 0.717) is 24.0 Å². The first-order valence-electron chi connectivity index (χ1n) is 14.2. The summed E-state index contributed by atoms with van der Waals surface area (Å²) >= 11 is 10.2. The number of pyridine rings is 1. The molecule has 39 heavy (non-hydrogen) atoms. The van der Waals surface area contributed by atoms with Gasteiger partial charge in [-0.2, -0.15) is 0 Å². The van der Waals surface area contributed by atoms with Gasteiger partial charge >= 0.3 is 5.97 Å². The molecule has 1 aliphatic rings. The smallest absolute Gasteiger partial charge is 0.343 e. The van der Waals surface area contributed by atoms with Gasteiger partial charge in [-0.25, -0.2) is 4.79 Å². The minimum atomic E-state index is -0.594. The van der Waals surface area contributed by atoms with Crippen LogP contribution in [-0.4, -0.2) is 37.5 Å². The van der Waals surface area contributed by atoms with Gasteiger partial charge < -0.3 is 18.8 Å². The fourth-order valence-corrected chi connectivity index (χ4v) is 5.66. The second-order valence-corrected chi connectivity index (χ2v) is 10.2. The number of benzene rings is 1. The van der Waals surface area contributed by atoms with E-state index in [1.807, 2.05) is 58.2 Å². The average Bonchev–Trinajstić information content (AvgIpc) is 3.26. The van der Waals surface area contributed by atoms with Gasteiger partial charge in [-0.1, -0.05) is 82.9 Å². The van der Waals surface area contributed by atoms with Gasteiger partial charge in [0.1, 0.15) is 11.3 Å². The second-order valence-electron chi connectivity index (χ2n) is 8.97. The van der Waals surface area contributed by atoms with Crippen LogP contribution in [0, 0.1) is 5.41 Å². The van der Waals surface area contributed by atoms with E-state index in [2.05, 4.69) is 29.8 Å². The number of hydrogen-bond donors (Lipinski definition) is 0. The number of nitrogens with zero attached hydrogens (tertiary/aromatic N) is 1. The summed E-state index contributed by atoms with van der Waals surface area (Å²) in [5, 5.41) is 0.546. The molecule has 6 nitrogen and oxygen atoms in total. The van der Waals surface area contributed by atoms with Crippen LogP contribution in [-0.2, 0) is 9.47 Å². The van der Waals surface area contributed by atoms with Crippen molar-refractivity contribution in [2.45, 2.75) is 93.5 Å². The Hall–Kier alpha value is -1.83. The fraction of sp³-hybridized carbons (Fsp3) is 0.613. The maximum atomic E-state index is 12.3. The zero-order valence-corrected chi connectivity index (χ0v) is 27.9. The number of rotatable bonds is 9. The van der Waals surface area contributed by atoms with E-state index in [4.69, 9.17) is 25.8 Å². The van der Waals surface area contributed by atoms with Crippen LogP contribution >= 0.6 is 27.5 Å². The van der Waals surface area contributed by atoms with Crippen LogP contribution in [0.15, 0.2) is 39.9 Å². The van der Waals surface area contributed by atoms with Gasteiger partial charge in [0.25, 0.3) is 0 Å². The molecule has 0 aliphatic heterocycles. The molecule has 1 aliphatic carbocycles. The largest absolute Gasteiger partial charge is 0.492 e. The third-order valence-corrected chi connectivity index (χ3v) is 7.22. The van der Waals surface area contributed by atoms with Crippen LogP contribution < -0.4 is 10.2 Å². The van der Waals surface area contributed by atoms with Gasteiger partial charge in [0, 0.05) is 55.0 Å². The van der Waals surface area contributed by atoms with Gasteiger partial charge in [0.05, 0.1) is 18.2 Å². The molecule has 222 valence electrons. The van der Waals surface area contributed by atoms with Crippen molar-refractivity contribution in [3.8, 4) is 5.75 Å². The summed E-state index contributed by atoms with van der Waals surface area (Å²) in [6.45, 7) is 19.5. The summed E-state index contributed by atoms with van der Waals surface area (Å²) < 4.78 is 19.0. The van der Waals surface area contributed by atoms with Gasteiger partial charge in [0.2, 0.25) is 0 Å². The summed E-state index contributed by atoms with van der Waals surface area (Å²) in [6.07, 6.45) is 6.11. The van der Waals surface area contributed by atoms with Crippen molar-refractivity contribution in [1.82, 2.24) is 4.57 Å². The average molecular weight is 631 g/mol. The van der Waals surface area contributed by atoms with Crippen LogP contribution in [0.3, 0.4) is 0 Å². The Labute approximate surface area is 249 Å². The van der Waals surface area contributed by atoms with Crippen molar-refractivity contribution in [3.63, 3.8) is 0 Å². The highest BCUT2D eigenvalue weighted by molar-refractivity contribution is 9.10. The predicted octanol–water partition coefficient (Wildman–Crippen LogP) is 9.08. The van der Waals surface area contributed by atoms with Gasteiger partial charge in [0.15, 0.2) is 5.43 Å². The standard InChI is InChI=1S/C25H31BrClNO5.3C2H6/c1-5-32-24(30)18-15-28(10-8-21(18)29)23-16(7-9-25(23,2)3)17-13-22(20(27)14-19(17)26)33-12-6-11-31-4;3*1-2/h8,10,13-16,23H,5-7,9,11-12H2,1-4H3;3*1-2H3. The molecule has 2 atom stereocenters. The Balaban J connectivity index is 0.00000225. The molecule has 0 saturated heterocycles. The molecule has 2 aromatic rings. The molecule has 1 saturated carbocycles. The molecule has 3 rings (SSSR count). The van der Waals surface area contributed by atoms with Crippen molar-refractivity contribution < 1.29 is 19.0 Å². The van der Waals surface area contributed by atoms with Gasteiger partial charge in [-0.15, -0.1) is 0 Å². The third-order valence-electron chi connectivity index (χ3n) is 6.24. The Kier molecular flexibility index (Phi) is 18.4. The summed E-state index contributed by atoms with van der Waals surface area (Å²) in [5.41, 5.74) is 0.743. The van der Waals surface area contributed by atoms with E-state index in [-0.39, 0.29) is 35.0 Å². The molecular formula is C31H49BrClNO5. The molecule has 2 unspecified atom stereocenters. The number of ether oxygens (including phenoxy) is 3. The topological polar surface area (TPSA) is 66.8 Å². The minimum Gasteiger partial charge on any atom is -0.492 e. The fourth-order valence-electron chi connectivity index (χ4n) is 4.67. The number of aromatic nitrogens is 1. The molecule has 0 radical (unpaired) electrons. The van der Waals surface area contributed by atoms with Crippen LogP contribution in [0.25, 0.3) is 0 Å². The quantitative estimate of drug-likeness (QED) is 0.204. The lowest BCUT2D eigenvalue weighted by molar-refractivity contribution is 0.0523. The van der Waals surface area contributed by atoms with Crippen LogP contribution in [0.2, 0.25) is 5.02 Å². The van der Waals surface area contributed by atoms with Crippen LogP contribution in [0.4, 0.5) is 0 Å². The maximum Gasteiger partial charge on any atom is 0.343 e. The van der Waals surface area contributed by atoms with Crippen LogP contribution in [0.1, 0.15) is 109 Å². The number of esters is 1. The molecular weight excluding hydrogens is 582 g/mol. The van der Waals surface area contributed by atoms with Crippen molar-refractivity contribution in [1.29, 1.82) is 0 Å². The Morgan fingerprint density at radius 1 is 1.13 bits per heavy atom. The molecule has 1 heterocycles. The number of methoxy groups -OCH3 is 1. The summed E-state index contributed by atoms with van der Waals surface area (Å²) in [6, 6.07) is 5.34. The normalized spacial score (nSPS) is 16.9. The molecule has 0 bridgehead atoms. The predicted molar refractivity (Wildman–Crippen MR) is 167 cm³/mol. The molecule has 0 N–H and O–H groups in total. The number of hydrogen-bond acceptors (Lipinski definition) is 5. The lowest BCUT2D eigenvalue weighted by atomic mass is 9.82. The number of halogens is 2.